The number of hydrogen-bond acceptors (Lipinski definition) is 3. The Hall–Kier alpha value is -2.76. The van der Waals surface area contributed by atoms with Crippen LogP contribution in [0, 0.1) is 5.82 Å². The van der Waals surface area contributed by atoms with Crippen LogP contribution in [-0.2, 0) is 13.0 Å². The Bertz CT molecular complexity index is 722. The summed E-state index contributed by atoms with van der Waals surface area (Å²) in [5.41, 5.74) is 1.76. The minimum absolute atomic E-state index is 0.279. The Morgan fingerprint density at radius 2 is 1.73 bits per heavy atom. The Balaban J connectivity index is 1.79. The van der Waals surface area contributed by atoms with Crippen LogP contribution >= 0.6 is 0 Å². The fourth-order valence-electron chi connectivity index (χ4n) is 2.46. The molecule has 0 heterocycles. The molecule has 0 fully saturated rings. The van der Waals surface area contributed by atoms with Crippen LogP contribution in [0.3, 0.4) is 0 Å². The van der Waals surface area contributed by atoms with E-state index in [1.807, 2.05) is 32.0 Å². The van der Waals surface area contributed by atoms with Crippen molar-refractivity contribution in [1.29, 1.82) is 0 Å². The van der Waals surface area contributed by atoms with E-state index in [0.717, 1.165) is 11.3 Å². The monoisotopic (exact) mass is 360 g/mol. The minimum atomic E-state index is -0.315. The van der Waals surface area contributed by atoms with Gasteiger partial charge in [-0.3, -0.25) is 0 Å². The Morgan fingerprint density at radius 1 is 0.962 bits per heavy atom. The predicted molar refractivity (Wildman–Crippen MR) is 99.1 cm³/mol. The second kappa shape index (κ2) is 10.3. The van der Waals surface area contributed by atoms with E-state index in [0.29, 0.717) is 37.5 Å². The van der Waals surface area contributed by atoms with Crippen molar-refractivity contribution in [2.75, 3.05) is 19.8 Å². The molecule has 2 aromatic rings. The van der Waals surface area contributed by atoms with Gasteiger partial charge in [0, 0.05) is 13.1 Å². The van der Waals surface area contributed by atoms with Gasteiger partial charge in [-0.15, -0.1) is 0 Å². The molecule has 6 heteroatoms. The molecule has 0 aliphatic carbocycles. The van der Waals surface area contributed by atoms with Crippen LogP contribution in [0.25, 0.3) is 0 Å². The van der Waals surface area contributed by atoms with E-state index < -0.39 is 0 Å². The van der Waals surface area contributed by atoms with Crippen molar-refractivity contribution in [2.24, 2.45) is 0 Å². The fraction of sp³-hybridized carbons (Fsp3) is 0.350. The largest absolute Gasteiger partial charge is 0.490 e. The number of halogens is 1. The topological polar surface area (TPSA) is 59.6 Å². The summed E-state index contributed by atoms with van der Waals surface area (Å²) < 4.78 is 24.2. The van der Waals surface area contributed by atoms with Gasteiger partial charge in [0.1, 0.15) is 5.82 Å². The summed E-state index contributed by atoms with van der Waals surface area (Å²) in [6, 6.07) is 11.6. The van der Waals surface area contributed by atoms with Crippen molar-refractivity contribution in [3.8, 4) is 11.5 Å². The lowest BCUT2D eigenvalue weighted by molar-refractivity contribution is 0.240. The van der Waals surface area contributed by atoms with Crippen molar-refractivity contribution < 1.29 is 18.7 Å². The van der Waals surface area contributed by atoms with Gasteiger partial charge in [-0.25, -0.2) is 9.18 Å². The van der Waals surface area contributed by atoms with Crippen molar-refractivity contribution in [3.05, 3.63) is 59.4 Å². The molecular formula is C20H25FN2O3. The standard InChI is InChI=1S/C20H25FN2O3/c1-3-25-18-9-8-15(13-19(18)26-4-2)10-11-22-20(24)23-14-16-6-5-7-17(21)12-16/h5-9,12-13H,3-4,10-11,14H2,1-2H3,(H2,22,23,24). The molecule has 2 rings (SSSR count). The fourth-order valence-corrected chi connectivity index (χ4v) is 2.46. The van der Waals surface area contributed by atoms with Gasteiger partial charge in [0.05, 0.1) is 13.2 Å². The molecule has 0 aliphatic heterocycles. The van der Waals surface area contributed by atoms with E-state index in [4.69, 9.17) is 9.47 Å². The average molecular weight is 360 g/mol. The van der Waals surface area contributed by atoms with Crippen LogP contribution in [-0.4, -0.2) is 25.8 Å². The highest BCUT2D eigenvalue weighted by molar-refractivity contribution is 5.73. The predicted octanol–water partition coefficient (Wildman–Crippen LogP) is 3.67. The van der Waals surface area contributed by atoms with Crippen molar-refractivity contribution in [3.63, 3.8) is 0 Å². The van der Waals surface area contributed by atoms with Gasteiger partial charge in [0.2, 0.25) is 0 Å². The summed E-state index contributed by atoms with van der Waals surface area (Å²) in [6.07, 6.45) is 0.667. The van der Waals surface area contributed by atoms with Gasteiger partial charge in [-0.2, -0.15) is 0 Å². The molecule has 2 N–H and O–H groups in total. The van der Waals surface area contributed by atoms with E-state index in [-0.39, 0.29) is 18.4 Å². The summed E-state index contributed by atoms with van der Waals surface area (Å²) in [7, 11) is 0. The highest BCUT2D eigenvalue weighted by Crippen LogP contribution is 2.28. The molecule has 0 bridgehead atoms. The van der Waals surface area contributed by atoms with Gasteiger partial charge in [0.15, 0.2) is 11.5 Å². The normalized spacial score (nSPS) is 10.3. The Labute approximate surface area is 153 Å². The first-order valence-electron chi connectivity index (χ1n) is 8.77. The number of amides is 2. The molecule has 26 heavy (non-hydrogen) atoms. The third-order valence-corrected chi connectivity index (χ3v) is 3.65. The van der Waals surface area contributed by atoms with Gasteiger partial charge in [0.25, 0.3) is 0 Å². The molecule has 2 amide bonds. The number of carbonyl (C=O) groups is 1. The highest BCUT2D eigenvalue weighted by atomic mass is 19.1. The molecule has 0 radical (unpaired) electrons. The number of urea groups is 1. The first-order chi connectivity index (χ1) is 12.6. The smallest absolute Gasteiger partial charge is 0.315 e. The van der Waals surface area contributed by atoms with E-state index >= 15 is 0 Å². The SMILES string of the molecule is CCOc1ccc(CCNC(=O)NCc2cccc(F)c2)cc1OCC. The van der Waals surface area contributed by atoms with Gasteiger partial charge in [-0.05, 0) is 55.7 Å². The number of benzene rings is 2. The molecule has 0 saturated carbocycles. The number of carbonyl (C=O) groups excluding carboxylic acids is 1. The maximum atomic E-state index is 13.1. The molecule has 0 aromatic heterocycles. The molecule has 140 valence electrons. The lowest BCUT2D eigenvalue weighted by Gasteiger charge is -2.13. The van der Waals surface area contributed by atoms with Gasteiger partial charge in [-0.1, -0.05) is 18.2 Å². The second-order valence-electron chi connectivity index (χ2n) is 5.64. The summed E-state index contributed by atoms with van der Waals surface area (Å²) >= 11 is 0. The molecule has 0 spiro atoms. The van der Waals surface area contributed by atoms with Crippen LogP contribution in [0.2, 0.25) is 0 Å². The van der Waals surface area contributed by atoms with Gasteiger partial charge < -0.3 is 20.1 Å². The molecule has 5 nitrogen and oxygen atoms in total. The maximum Gasteiger partial charge on any atom is 0.315 e. The summed E-state index contributed by atoms with van der Waals surface area (Å²) in [5.74, 6) is 1.12. The zero-order valence-corrected chi connectivity index (χ0v) is 15.2. The van der Waals surface area contributed by atoms with Crippen LogP contribution in [0.1, 0.15) is 25.0 Å². The zero-order chi connectivity index (χ0) is 18.8. The highest BCUT2D eigenvalue weighted by Gasteiger charge is 2.07. The molecule has 0 unspecified atom stereocenters. The maximum absolute atomic E-state index is 13.1. The molecule has 0 aliphatic rings. The molecular weight excluding hydrogens is 335 g/mol. The second-order valence-corrected chi connectivity index (χ2v) is 5.64. The van der Waals surface area contributed by atoms with E-state index in [2.05, 4.69) is 10.6 Å². The third-order valence-electron chi connectivity index (χ3n) is 3.65. The minimum Gasteiger partial charge on any atom is -0.490 e. The third kappa shape index (κ3) is 6.27. The quantitative estimate of drug-likeness (QED) is 0.717. The molecule has 0 saturated heterocycles. The van der Waals surface area contributed by atoms with Crippen LogP contribution in [0.4, 0.5) is 9.18 Å². The van der Waals surface area contributed by atoms with E-state index in [9.17, 15) is 9.18 Å². The summed E-state index contributed by atoms with van der Waals surface area (Å²) in [5, 5.41) is 5.50. The van der Waals surface area contributed by atoms with Crippen molar-refractivity contribution in [1.82, 2.24) is 10.6 Å². The van der Waals surface area contributed by atoms with Crippen molar-refractivity contribution in [2.45, 2.75) is 26.8 Å². The van der Waals surface area contributed by atoms with Crippen LogP contribution in [0.5, 0.6) is 11.5 Å². The van der Waals surface area contributed by atoms with Crippen molar-refractivity contribution >= 4 is 6.03 Å². The number of nitrogens with one attached hydrogen (secondary N) is 2. The number of ether oxygens (including phenoxy) is 2. The number of rotatable bonds is 9. The lowest BCUT2D eigenvalue weighted by Crippen LogP contribution is -2.36. The van der Waals surface area contributed by atoms with Gasteiger partial charge >= 0.3 is 6.03 Å². The average Bonchev–Trinajstić information content (AvgIpc) is 2.62. The Kier molecular flexibility index (Phi) is 7.74. The first kappa shape index (κ1) is 19.6. The lowest BCUT2D eigenvalue weighted by atomic mass is 10.1. The molecule has 2 aromatic carbocycles. The van der Waals surface area contributed by atoms with E-state index in [1.165, 1.54) is 12.1 Å². The first-order valence-corrected chi connectivity index (χ1v) is 8.77. The zero-order valence-electron chi connectivity index (χ0n) is 15.2. The summed E-state index contributed by atoms with van der Waals surface area (Å²) in [6.45, 7) is 5.75. The molecule has 0 atom stereocenters. The number of hydrogen-bond donors (Lipinski definition) is 2. The summed E-state index contributed by atoms with van der Waals surface area (Å²) in [4.78, 5) is 11.8. The Morgan fingerprint density at radius 3 is 2.46 bits per heavy atom. The van der Waals surface area contributed by atoms with Crippen LogP contribution < -0.4 is 20.1 Å². The van der Waals surface area contributed by atoms with Crippen LogP contribution in [0.15, 0.2) is 42.5 Å². The van der Waals surface area contributed by atoms with E-state index in [1.54, 1.807) is 12.1 Å².